The Morgan fingerprint density at radius 2 is 1.00 bits per heavy atom. The topological polar surface area (TPSA) is 187 Å². The smallest absolute Gasteiger partial charge is 0.272 e. The lowest BCUT2D eigenvalue weighted by Gasteiger charge is -1.99. The average molecular weight is 506 g/mol. The summed E-state index contributed by atoms with van der Waals surface area (Å²) in [6.45, 7) is -0.597. The molecule has 0 atom stereocenters. The maximum atomic E-state index is 12.2. The van der Waals surface area contributed by atoms with E-state index in [1.54, 1.807) is 24.3 Å². The molecule has 0 unspecified atom stereocenters. The number of nitrogens with zero attached hydrogens (tertiary/aromatic N) is 10. The van der Waals surface area contributed by atoms with Crippen molar-refractivity contribution < 1.29 is 19.8 Å². The Labute approximate surface area is 211 Å². The van der Waals surface area contributed by atoms with Gasteiger partial charge in [0, 0.05) is 22.3 Å². The molecule has 0 saturated heterocycles. The maximum absolute atomic E-state index is 12.2. The molecular weight excluding hydrogens is 492 g/mol. The number of aliphatic hydroxyl groups excluding tert-OH is 2. The minimum Gasteiger partial charge on any atom is -0.388 e. The van der Waals surface area contributed by atoms with Gasteiger partial charge in [-0.05, 0) is 0 Å². The highest BCUT2D eigenvalue weighted by Crippen LogP contribution is 2.34. The van der Waals surface area contributed by atoms with Gasteiger partial charge in [-0.2, -0.15) is 19.2 Å². The van der Waals surface area contributed by atoms with Gasteiger partial charge in [-0.15, -0.1) is 20.4 Å². The summed E-state index contributed by atoms with van der Waals surface area (Å²) in [6, 6.07) is 14.4. The number of carbonyl (C=O) groups excluding carboxylic acids is 2. The lowest BCUT2D eigenvalue weighted by molar-refractivity contribution is 0.103. The maximum Gasteiger partial charge on any atom is 0.272 e. The van der Waals surface area contributed by atoms with Gasteiger partial charge in [-0.1, -0.05) is 48.5 Å². The number of hydrogen-bond acceptors (Lipinski definition) is 12. The molecule has 6 aromatic rings. The molecule has 38 heavy (non-hydrogen) atoms. The minimum absolute atomic E-state index is 0.158. The van der Waals surface area contributed by atoms with E-state index in [0.29, 0.717) is 28.3 Å². The van der Waals surface area contributed by atoms with E-state index in [1.165, 1.54) is 9.03 Å². The normalized spacial score (nSPS) is 12.8. The zero-order chi connectivity index (χ0) is 26.0. The number of ketones is 2. The highest BCUT2D eigenvalue weighted by Gasteiger charge is 2.32. The summed E-state index contributed by atoms with van der Waals surface area (Å²) in [5.74, 6) is 0.708. The molecule has 14 heteroatoms. The fourth-order valence-corrected chi connectivity index (χ4v) is 4.46. The highest BCUT2D eigenvalue weighted by molar-refractivity contribution is 6.20. The Morgan fingerprint density at radius 1 is 0.553 bits per heavy atom. The molecule has 0 saturated carbocycles. The molecule has 0 radical (unpaired) electrons. The van der Waals surface area contributed by atoms with Crippen molar-refractivity contribution in [2.75, 3.05) is 0 Å². The highest BCUT2D eigenvalue weighted by atomic mass is 16.3. The van der Waals surface area contributed by atoms with Crippen molar-refractivity contribution >= 4 is 23.1 Å². The molecule has 0 fully saturated rings. The number of benzene rings is 2. The number of hydrogen-bond donors (Lipinski definition) is 2. The molecule has 4 aromatic heterocycles. The predicted molar refractivity (Wildman–Crippen MR) is 127 cm³/mol. The third-order valence-electron chi connectivity index (χ3n) is 6.22. The van der Waals surface area contributed by atoms with Crippen LogP contribution in [0.3, 0.4) is 0 Å². The monoisotopic (exact) mass is 506 g/mol. The number of carbonyl (C=O) groups is 2. The molecule has 2 aliphatic rings. The molecule has 14 nitrogen and oxygen atoms in total. The van der Waals surface area contributed by atoms with Crippen LogP contribution in [-0.2, 0) is 13.2 Å². The average Bonchev–Trinajstić information content (AvgIpc) is 3.70. The van der Waals surface area contributed by atoms with Crippen LogP contribution >= 0.6 is 0 Å². The first kappa shape index (κ1) is 21.9. The van der Waals surface area contributed by atoms with Crippen LogP contribution < -0.4 is 0 Å². The van der Waals surface area contributed by atoms with Crippen LogP contribution in [0.1, 0.15) is 43.8 Å². The largest absolute Gasteiger partial charge is 0.388 e. The summed E-state index contributed by atoms with van der Waals surface area (Å²) < 4.78 is 2.65. The van der Waals surface area contributed by atoms with Crippen molar-refractivity contribution in [3.63, 3.8) is 0 Å². The Kier molecular flexibility index (Phi) is 4.66. The first-order valence-electron chi connectivity index (χ1n) is 11.3. The van der Waals surface area contributed by atoms with Crippen LogP contribution in [0.15, 0.2) is 48.5 Å². The SMILES string of the molecule is O=C1c2ccccc2-c2nc3nnc(CO)n3nc21.O=C1c2ccccc2-c2nn3c(CO)nnc3nc21. The molecule has 2 N–H and O–H groups in total. The zero-order valence-electron chi connectivity index (χ0n) is 19.2. The number of fused-ring (bicyclic) bond motifs is 8. The molecule has 4 heterocycles. The lowest BCUT2D eigenvalue weighted by atomic mass is 10.1. The standard InChI is InChI=1S/2C12H7N5O2/c18-5-8-14-15-12-13-10-9(16-17(8)12)6-3-1-2-4-7(6)11(10)19;18-5-8-14-15-12-13-9-6-3-1-2-4-7(6)11(19)10(9)16-17(8)12/h2*1-4,18H,5H2. The second kappa shape index (κ2) is 8.09. The van der Waals surface area contributed by atoms with E-state index in [0.717, 1.165) is 11.1 Å². The van der Waals surface area contributed by atoms with E-state index < -0.39 is 0 Å². The summed E-state index contributed by atoms with van der Waals surface area (Å²) >= 11 is 0. The van der Waals surface area contributed by atoms with Gasteiger partial charge < -0.3 is 10.2 Å². The van der Waals surface area contributed by atoms with E-state index in [2.05, 4.69) is 40.6 Å². The van der Waals surface area contributed by atoms with Crippen molar-refractivity contribution in [2.45, 2.75) is 13.2 Å². The van der Waals surface area contributed by atoms with Gasteiger partial charge in [0.25, 0.3) is 11.6 Å². The summed E-state index contributed by atoms with van der Waals surface area (Å²) in [6.07, 6.45) is 0. The first-order chi connectivity index (χ1) is 18.6. The van der Waals surface area contributed by atoms with Crippen molar-refractivity contribution in [3.05, 3.63) is 82.7 Å². The predicted octanol–water partition coefficient (Wildman–Crippen LogP) is 0.446. The number of aliphatic hydroxyl groups is 2. The number of aromatic nitrogens is 10. The van der Waals surface area contributed by atoms with Crippen LogP contribution in [-0.4, -0.2) is 71.4 Å². The fraction of sp³-hybridized carbons (Fsp3) is 0.0833. The lowest BCUT2D eigenvalue weighted by Crippen LogP contribution is -2.07. The van der Waals surface area contributed by atoms with E-state index in [4.69, 9.17) is 10.2 Å². The second-order valence-electron chi connectivity index (χ2n) is 8.34. The van der Waals surface area contributed by atoms with Gasteiger partial charge in [0.1, 0.15) is 30.3 Å². The van der Waals surface area contributed by atoms with Crippen LogP contribution in [0, 0.1) is 0 Å². The number of rotatable bonds is 2. The van der Waals surface area contributed by atoms with E-state index >= 15 is 0 Å². The van der Waals surface area contributed by atoms with Gasteiger partial charge in [0.05, 0.1) is 0 Å². The van der Waals surface area contributed by atoms with Crippen LogP contribution in [0.2, 0.25) is 0 Å². The molecule has 0 bridgehead atoms. The van der Waals surface area contributed by atoms with Gasteiger partial charge in [0.15, 0.2) is 17.3 Å². The van der Waals surface area contributed by atoms with Crippen molar-refractivity contribution in [1.29, 1.82) is 0 Å². The van der Waals surface area contributed by atoms with Gasteiger partial charge >= 0.3 is 0 Å². The van der Waals surface area contributed by atoms with Crippen LogP contribution in [0.4, 0.5) is 0 Å². The molecule has 0 amide bonds. The third kappa shape index (κ3) is 3.01. The Morgan fingerprint density at radius 3 is 1.55 bits per heavy atom. The van der Waals surface area contributed by atoms with Gasteiger partial charge in [0.2, 0.25) is 11.6 Å². The summed E-state index contributed by atoms with van der Waals surface area (Å²) in [5.41, 5.74) is 4.25. The first-order valence-corrected chi connectivity index (χ1v) is 11.3. The molecule has 8 rings (SSSR count). The molecule has 0 spiro atoms. The van der Waals surface area contributed by atoms with Crippen molar-refractivity contribution in [2.24, 2.45) is 0 Å². The van der Waals surface area contributed by atoms with Gasteiger partial charge in [-0.25, -0.2) is 9.97 Å². The van der Waals surface area contributed by atoms with Crippen molar-refractivity contribution in [1.82, 2.24) is 49.6 Å². The summed E-state index contributed by atoms with van der Waals surface area (Å²) in [5, 5.41) is 42.0. The summed E-state index contributed by atoms with van der Waals surface area (Å²) in [7, 11) is 0. The second-order valence-corrected chi connectivity index (χ2v) is 8.34. The Balaban J connectivity index is 0.000000127. The van der Waals surface area contributed by atoms with E-state index in [-0.39, 0.29) is 53.5 Å². The fourth-order valence-electron chi connectivity index (χ4n) is 4.46. The van der Waals surface area contributed by atoms with Crippen LogP contribution in [0.25, 0.3) is 34.1 Å². The Bertz CT molecular complexity index is 1960. The van der Waals surface area contributed by atoms with Crippen LogP contribution in [0.5, 0.6) is 0 Å². The Hall–Kier alpha value is -5.34. The third-order valence-corrected chi connectivity index (χ3v) is 6.22. The minimum atomic E-state index is -0.310. The quantitative estimate of drug-likeness (QED) is 0.330. The molecule has 0 aliphatic heterocycles. The molecule has 184 valence electrons. The van der Waals surface area contributed by atoms with Crippen molar-refractivity contribution in [3.8, 4) is 22.5 Å². The molecule has 2 aliphatic carbocycles. The molecule has 2 aromatic carbocycles. The molecular formula is C24H14N10O4. The zero-order valence-corrected chi connectivity index (χ0v) is 19.2. The van der Waals surface area contributed by atoms with E-state index in [1.807, 2.05) is 24.3 Å². The summed E-state index contributed by atoms with van der Waals surface area (Å²) in [4.78, 5) is 32.9. The van der Waals surface area contributed by atoms with E-state index in [9.17, 15) is 9.59 Å². The van der Waals surface area contributed by atoms with Gasteiger partial charge in [-0.3, -0.25) is 9.59 Å².